The maximum Gasteiger partial charge on any atom is 0.417 e. The lowest BCUT2D eigenvalue weighted by molar-refractivity contribution is 0.133. The molecule has 2 aromatic rings. The van der Waals surface area contributed by atoms with E-state index in [-0.39, 0.29) is 5.76 Å². The minimum absolute atomic E-state index is 0.379. The van der Waals surface area contributed by atoms with Gasteiger partial charge in [-0.2, -0.15) is 0 Å². The van der Waals surface area contributed by atoms with Crippen molar-refractivity contribution in [3.63, 3.8) is 0 Å². The van der Waals surface area contributed by atoms with E-state index in [9.17, 15) is 4.79 Å². The molecule has 0 bridgehead atoms. The first-order chi connectivity index (χ1) is 8.71. The van der Waals surface area contributed by atoms with Gasteiger partial charge in [0, 0.05) is 6.54 Å². The topological polar surface area (TPSA) is 58.0 Å². The van der Waals surface area contributed by atoms with Gasteiger partial charge < -0.3 is 9.73 Å². The predicted molar refractivity (Wildman–Crippen MR) is 70.7 cm³/mol. The van der Waals surface area contributed by atoms with Crippen molar-refractivity contribution in [2.75, 3.05) is 13.6 Å². The molecule has 0 atom stereocenters. The molecular formula is C14H18N2O2. The highest BCUT2D eigenvalue weighted by Gasteiger charge is 2.36. The fourth-order valence-electron chi connectivity index (χ4n) is 3.01. The molecular weight excluding hydrogens is 228 g/mol. The van der Waals surface area contributed by atoms with Crippen LogP contribution in [0.3, 0.4) is 0 Å². The molecule has 96 valence electrons. The quantitative estimate of drug-likeness (QED) is 0.868. The van der Waals surface area contributed by atoms with Crippen molar-refractivity contribution in [1.82, 2.24) is 10.3 Å². The number of aromatic nitrogens is 1. The predicted octanol–water partition coefficient (Wildman–Crippen LogP) is 2.05. The summed E-state index contributed by atoms with van der Waals surface area (Å²) in [5.74, 6) is -0.379. The molecule has 1 aliphatic rings. The second kappa shape index (κ2) is 4.28. The zero-order chi connectivity index (χ0) is 12.6. The number of hydrogen-bond donors (Lipinski definition) is 2. The molecule has 0 spiro atoms. The molecule has 0 amide bonds. The van der Waals surface area contributed by atoms with E-state index >= 15 is 0 Å². The van der Waals surface area contributed by atoms with Crippen molar-refractivity contribution in [3.8, 4) is 0 Å². The van der Waals surface area contributed by atoms with Gasteiger partial charge >= 0.3 is 5.76 Å². The van der Waals surface area contributed by atoms with Crippen LogP contribution in [-0.2, 0) is 6.42 Å². The van der Waals surface area contributed by atoms with E-state index in [1.54, 1.807) is 0 Å². The Bertz CT molecular complexity index is 608. The average Bonchev–Trinajstić information content (AvgIpc) is 2.65. The lowest BCUT2D eigenvalue weighted by Crippen LogP contribution is -2.40. The number of hydrogen-bond acceptors (Lipinski definition) is 3. The molecule has 0 unspecified atom stereocenters. The van der Waals surface area contributed by atoms with Gasteiger partial charge in [0.05, 0.1) is 5.52 Å². The van der Waals surface area contributed by atoms with Crippen molar-refractivity contribution in [2.45, 2.75) is 25.7 Å². The van der Waals surface area contributed by atoms with Crippen LogP contribution in [-0.4, -0.2) is 18.6 Å². The molecule has 4 nitrogen and oxygen atoms in total. The Kier molecular flexibility index (Phi) is 2.74. The van der Waals surface area contributed by atoms with E-state index in [1.807, 2.05) is 19.2 Å². The molecule has 4 heteroatoms. The largest absolute Gasteiger partial charge is 0.417 e. The van der Waals surface area contributed by atoms with E-state index in [0.29, 0.717) is 11.0 Å². The smallest absolute Gasteiger partial charge is 0.408 e. The zero-order valence-corrected chi connectivity index (χ0v) is 10.6. The molecule has 0 saturated heterocycles. The van der Waals surface area contributed by atoms with Gasteiger partial charge in [-0.3, -0.25) is 4.98 Å². The molecule has 0 radical (unpaired) electrons. The first-order valence-corrected chi connectivity index (χ1v) is 6.47. The number of H-pyrrole nitrogens is 1. The summed E-state index contributed by atoms with van der Waals surface area (Å²) in [6.45, 7) is 1.06. The van der Waals surface area contributed by atoms with Crippen LogP contribution in [0.15, 0.2) is 27.4 Å². The van der Waals surface area contributed by atoms with Crippen LogP contribution in [0.1, 0.15) is 24.8 Å². The molecule has 3 rings (SSSR count). The molecule has 1 fully saturated rings. The number of fused-ring (bicyclic) bond motifs is 1. The highest BCUT2D eigenvalue weighted by molar-refractivity contribution is 5.72. The van der Waals surface area contributed by atoms with Crippen molar-refractivity contribution in [1.29, 1.82) is 0 Å². The fourth-order valence-corrected chi connectivity index (χ4v) is 3.01. The molecule has 1 aromatic heterocycles. The second-order valence-electron chi connectivity index (χ2n) is 5.41. The average molecular weight is 246 g/mol. The third-order valence-electron chi connectivity index (χ3n) is 4.03. The summed E-state index contributed by atoms with van der Waals surface area (Å²) in [5.41, 5.74) is 3.12. The molecule has 0 aliphatic heterocycles. The third kappa shape index (κ3) is 1.97. The van der Waals surface area contributed by atoms with E-state index in [0.717, 1.165) is 18.5 Å². The number of nitrogens with one attached hydrogen (secondary N) is 2. The summed E-state index contributed by atoms with van der Waals surface area (Å²) in [4.78, 5) is 13.8. The standard InChI is InChI=1S/C14H18N2O2/c1-15-9-14(5-2-6-14)8-10-3-4-12-11(7-10)16-13(17)18-12/h3-4,7,15H,2,5-6,8-9H2,1H3,(H,16,17). The highest BCUT2D eigenvalue weighted by Crippen LogP contribution is 2.43. The molecule has 1 heterocycles. The normalized spacial score (nSPS) is 17.8. The lowest BCUT2D eigenvalue weighted by atomic mass is 9.65. The Morgan fingerprint density at radius 3 is 2.94 bits per heavy atom. The first-order valence-electron chi connectivity index (χ1n) is 6.47. The number of aromatic amines is 1. The Morgan fingerprint density at radius 1 is 1.44 bits per heavy atom. The molecule has 2 N–H and O–H groups in total. The molecule has 18 heavy (non-hydrogen) atoms. The van der Waals surface area contributed by atoms with Crippen LogP contribution in [0.5, 0.6) is 0 Å². The number of oxazole rings is 1. The fraction of sp³-hybridized carbons (Fsp3) is 0.500. The van der Waals surface area contributed by atoms with E-state index < -0.39 is 0 Å². The highest BCUT2D eigenvalue weighted by atomic mass is 16.4. The summed E-state index contributed by atoms with van der Waals surface area (Å²) in [7, 11) is 2.01. The van der Waals surface area contributed by atoms with Crippen LogP contribution in [0.4, 0.5) is 0 Å². The van der Waals surface area contributed by atoms with Crippen LogP contribution >= 0.6 is 0 Å². The van der Waals surface area contributed by atoms with Crippen LogP contribution < -0.4 is 11.1 Å². The summed E-state index contributed by atoms with van der Waals surface area (Å²) in [6.07, 6.45) is 4.96. The zero-order valence-electron chi connectivity index (χ0n) is 10.6. The maximum atomic E-state index is 11.1. The van der Waals surface area contributed by atoms with Gasteiger partial charge in [0.25, 0.3) is 0 Å². The maximum absolute atomic E-state index is 11.1. The van der Waals surface area contributed by atoms with Crippen molar-refractivity contribution in [3.05, 3.63) is 34.3 Å². The van der Waals surface area contributed by atoms with Gasteiger partial charge in [-0.1, -0.05) is 12.5 Å². The monoisotopic (exact) mass is 246 g/mol. The van der Waals surface area contributed by atoms with Crippen LogP contribution in [0.2, 0.25) is 0 Å². The Morgan fingerprint density at radius 2 is 2.28 bits per heavy atom. The SMILES string of the molecule is CNCC1(Cc2ccc3oc(=O)[nH]c3c2)CCC1. The second-order valence-corrected chi connectivity index (χ2v) is 5.41. The number of rotatable bonds is 4. The molecule has 1 aliphatic carbocycles. The third-order valence-corrected chi connectivity index (χ3v) is 4.03. The Hall–Kier alpha value is -1.55. The molecule has 1 aromatic carbocycles. The van der Waals surface area contributed by atoms with E-state index in [2.05, 4.69) is 16.4 Å². The van der Waals surface area contributed by atoms with Crippen molar-refractivity contribution in [2.24, 2.45) is 5.41 Å². The Labute approximate surface area is 105 Å². The summed E-state index contributed by atoms with van der Waals surface area (Å²) < 4.78 is 5.02. The van der Waals surface area contributed by atoms with Gasteiger partial charge in [0.15, 0.2) is 5.58 Å². The van der Waals surface area contributed by atoms with Gasteiger partial charge in [0.2, 0.25) is 0 Å². The minimum Gasteiger partial charge on any atom is -0.408 e. The van der Waals surface area contributed by atoms with Gasteiger partial charge in [0.1, 0.15) is 0 Å². The van der Waals surface area contributed by atoms with E-state index in [4.69, 9.17) is 4.42 Å². The van der Waals surface area contributed by atoms with Crippen molar-refractivity contribution < 1.29 is 4.42 Å². The van der Waals surface area contributed by atoms with Gasteiger partial charge in [-0.05, 0) is 49.4 Å². The first kappa shape index (κ1) is 11.5. The minimum atomic E-state index is -0.379. The summed E-state index contributed by atoms with van der Waals surface area (Å²) in [5, 5.41) is 3.30. The van der Waals surface area contributed by atoms with E-state index in [1.165, 1.54) is 24.8 Å². The lowest BCUT2D eigenvalue weighted by Gasteiger charge is -2.42. The van der Waals surface area contributed by atoms with Crippen LogP contribution in [0, 0.1) is 5.41 Å². The summed E-state index contributed by atoms with van der Waals surface area (Å²) >= 11 is 0. The van der Waals surface area contributed by atoms with Gasteiger partial charge in [-0.15, -0.1) is 0 Å². The van der Waals surface area contributed by atoms with Crippen LogP contribution in [0.25, 0.3) is 11.1 Å². The number of benzene rings is 1. The Balaban J connectivity index is 1.87. The van der Waals surface area contributed by atoms with Crippen molar-refractivity contribution >= 4 is 11.1 Å². The van der Waals surface area contributed by atoms with Gasteiger partial charge in [-0.25, -0.2) is 4.79 Å². The molecule has 1 saturated carbocycles. The summed E-state index contributed by atoms with van der Waals surface area (Å²) in [6, 6.07) is 5.99.